The highest BCUT2D eigenvalue weighted by Crippen LogP contribution is 2.25. The van der Waals surface area contributed by atoms with Crippen molar-refractivity contribution in [2.24, 2.45) is 10.9 Å². The lowest BCUT2D eigenvalue weighted by Crippen LogP contribution is -2.17. The Kier molecular flexibility index (Phi) is 3.76. The molecular formula is C15H21N. The molecule has 1 aromatic rings. The Balaban J connectivity index is 2.10. The zero-order valence-corrected chi connectivity index (χ0v) is 10.3. The van der Waals surface area contributed by atoms with E-state index in [0.29, 0.717) is 12.0 Å². The molecule has 1 aromatic carbocycles. The zero-order valence-electron chi connectivity index (χ0n) is 10.3. The maximum Gasteiger partial charge on any atom is 0.0720 e. The molecule has 2 rings (SSSR count). The van der Waals surface area contributed by atoms with E-state index in [1.165, 1.54) is 37.0 Å². The zero-order chi connectivity index (χ0) is 11.4. The van der Waals surface area contributed by atoms with Crippen molar-refractivity contribution in [1.29, 1.82) is 0 Å². The minimum atomic E-state index is 0.316. The van der Waals surface area contributed by atoms with E-state index < -0.39 is 0 Å². The topological polar surface area (TPSA) is 12.4 Å². The average molecular weight is 215 g/mol. The Hall–Kier alpha value is -1.11. The third-order valence-electron chi connectivity index (χ3n) is 3.53. The molecule has 0 radical (unpaired) electrons. The number of aliphatic imine (C=N–C) groups is 1. The largest absolute Gasteiger partial charge is 0.286 e. The Bertz CT molecular complexity index is 353. The van der Waals surface area contributed by atoms with Gasteiger partial charge in [0.15, 0.2) is 0 Å². The second-order valence-corrected chi connectivity index (χ2v) is 4.85. The molecule has 0 aromatic heterocycles. The van der Waals surface area contributed by atoms with E-state index in [1.54, 1.807) is 0 Å². The molecule has 0 aliphatic heterocycles. The molecule has 2 atom stereocenters. The first-order valence-electron chi connectivity index (χ1n) is 6.39. The summed E-state index contributed by atoms with van der Waals surface area (Å²) in [6, 6.07) is 10.9. The molecule has 1 saturated carbocycles. The van der Waals surface area contributed by atoms with E-state index >= 15 is 0 Å². The summed E-state index contributed by atoms with van der Waals surface area (Å²) in [5.41, 5.74) is 2.76. The lowest BCUT2D eigenvalue weighted by atomic mass is 9.88. The maximum atomic E-state index is 4.90. The third-order valence-corrected chi connectivity index (χ3v) is 3.53. The Morgan fingerprint density at radius 2 is 1.94 bits per heavy atom. The summed E-state index contributed by atoms with van der Waals surface area (Å²) in [5, 5.41) is 0. The molecule has 1 fully saturated rings. The molecular weight excluding hydrogens is 194 g/mol. The fourth-order valence-electron chi connectivity index (χ4n) is 2.42. The first-order chi connectivity index (χ1) is 7.77. The van der Waals surface area contributed by atoms with Crippen LogP contribution in [0.2, 0.25) is 0 Å². The fraction of sp³-hybridized carbons (Fsp3) is 0.533. The molecule has 1 aliphatic carbocycles. The van der Waals surface area contributed by atoms with Crippen molar-refractivity contribution in [3.05, 3.63) is 35.9 Å². The molecule has 16 heavy (non-hydrogen) atoms. The first kappa shape index (κ1) is 11.4. The van der Waals surface area contributed by atoms with Crippen LogP contribution >= 0.6 is 0 Å². The van der Waals surface area contributed by atoms with Gasteiger partial charge >= 0.3 is 0 Å². The number of benzene rings is 1. The normalized spacial score (nSPS) is 25.6. The molecule has 0 unspecified atom stereocenters. The number of nitrogens with zero attached hydrogens (tertiary/aromatic N) is 1. The van der Waals surface area contributed by atoms with Crippen LogP contribution in [0.15, 0.2) is 35.3 Å². The van der Waals surface area contributed by atoms with Crippen molar-refractivity contribution < 1.29 is 0 Å². The predicted molar refractivity (Wildman–Crippen MR) is 69.9 cm³/mol. The van der Waals surface area contributed by atoms with Gasteiger partial charge in [-0.1, -0.05) is 43.7 Å². The summed E-state index contributed by atoms with van der Waals surface area (Å²) in [4.78, 5) is 4.90. The van der Waals surface area contributed by atoms with Crippen LogP contribution in [0.4, 0.5) is 0 Å². The van der Waals surface area contributed by atoms with E-state index in [4.69, 9.17) is 4.99 Å². The molecule has 1 nitrogen and oxygen atoms in total. The minimum absolute atomic E-state index is 0.316. The first-order valence-corrected chi connectivity index (χ1v) is 6.39. The van der Waals surface area contributed by atoms with Crippen molar-refractivity contribution in [2.75, 3.05) is 0 Å². The summed E-state index contributed by atoms with van der Waals surface area (Å²) >= 11 is 0. The molecule has 1 aliphatic rings. The Morgan fingerprint density at radius 3 is 2.62 bits per heavy atom. The standard InChI is InChI=1S/C15H21N/c1-12-8-6-7-11-15(12)16-13(2)14-9-4-3-5-10-14/h3-5,9-10,12-13H,6-8,11H2,1-2H3/t12-,13+/m0/s1. The molecule has 0 saturated heterocycles. The van der Waals surface area contributed by atoms with Gasteiger partial charge in [0.2, 0.25) is 0 Å². The summed E-state index contributed by atoms with van der Waals surface area (Å²) in [6.07, 6.45) is 5.23. The lowest BCUT2D eigenvalue weighted by molar-refractivity contribution is 0.552. The predicted octanol–water partition coefficient (Wildman–Crippen LogP) is 4.40. The van der Waals surface area contributed by atoms with Crippen molar-refractivity contribution in [2.45, 2.75) is 45.6 Å². The third kappa shape index (κ3) is 2.72. The minimum Gasteiger partial charge on any atom is -0.286 e. The van der Waals surface area contributed by atoms with Crippen molar-refractivity contribution in [3.63, 3.8) is 0 Å². The Morgan fingerprint density at radius 1 is 1.19 bits per heavy atom. The molecule has 86 valence electrons. The van der Waals surface area contributed by atoms with Gasteiger partial charge in [0.05, 0.1) is 6.04 Å². The van der Waals surface area contributed by atoms with Gasteiger partial charge in [-0.25, -0.2) is 0 Å². The van der Waals surface area contributed by atoms with Crippen LogP contribution in [0.3, 0.4) is 0 Å². The highest BCUT2D eigenvalue weighted by Gasteiger charge is 2.16. The number of hydrogen-bond donors (Lipinski definition) is 0. The molecule has 0 bridgehead atoms. The van der Waals surface area contributed by atoms with Gasteiger partial charge in [0, 0.05) is 5.71 Å². The van der Waals surface area contributed by atoms with Gasteiger partial charge in [-0.15, -0.1) is 0 Å². The molecule has 0 N–H and O–H groups in total. The maximum absolute atomic E-state index is 4.90. The second-order valence-electron chi connectivity index (χ2n) is 4.85. The monoisotopic (exact) mass is 215 g/mol. The van der Waals surface area contributed by atoms with Gasteiger partial charge in [0.25, 0.3) is 0 Å². The smallest absolute Gasteiger partial charge is 0.0720 e. The van der Waals surface area contributed by atoms with Crippen LogP contribution in [-0.4, -0.2) is 5.71 Å². The average Bonchev–Trinajstić information content (AvgIpc) is 2.33. The highest BCUT2D eigenvalue weighted by atomic mass is 14.8. The molecule has 1 heteroatoms. The van der Waals surface area contributed by atoms with Crippen molar-refractivity contribution in [1.82, 2.24) is 0 Å². The van der Waals surface area contributed by atoms with Gasteiger partial charge in [-0.05, 0) is 37.7 Å². The summed E-state index contributed by atoms with van der Waals surface area (Å²) < 4.78 is 0. The van der Waals surface area contributed by atoms with Crippen molar-refractivity contribution in [3.8, 4) is 0 Å². The second kappa shape index (κ2) is 5.29. The van der Waals surface area contributed by atoms with Gasteiger partial charge in [0.1, 0.15) is 0 Å². The van der Waals surface area contributed by atoms with Gasteiger partial charge in [-0.3, -0.25) is 4.99 Å². The van der Waals surface area contributed by atoms with E-state index in [-0.39, 0.29) is 0 Å². The molecule has 0 spiro atoms. The van der Waals surface area contributed by atoms with E-state index in [0.717, 1.165) is 0 Å². The summed E-state index contributed by atoms with van der Waals surface area (Å²) in [5.74, 6) is 0.694. The van der Waals surface area contributed by atoms with Gasteiger partial charge in [-0.2, -0.15) is 0 Å². The van der Waals surface area contributed by atoms with Crippen LogP contribution in [-0.2, 0) is 0 Å². The van der Waals surface area contributed by atoms with E-state index in [1.807, 2.05) is 0 Å². The quantitative estimate of drug-likeness (QED) is 0.693. The lowest BCUT2D eigenvalue weighted by Gasteiger charge is -2.22. The van der Waals surface area contributed by atoms with Crippen LogP contribution in [0, 0.1) is 5.92 Å². The Labute approximate surface area is 98.6 Å². The number of hydrogen-bond acceptors (Lipinski definition) is 1. The van der Waals surface area contributed by atoms with E-state index in [2.05, 4.69) is 44.2 Å². The number of rotatable bonds is 2. The fourth-order valence-corrected chi connectivity index (χ4v) is 2.42. The molecule has 0 amide bonds. The van der Waals surface area contributed by atoms with Crippen molar-refractivity contribution >= 4 is 5.71 Å². The van der Waals surface area contributed by atoms with Crippen LogP contribution < -0.4 is 0 Å². The summed E-state index contributed by atoms with van der Waals surface area (Å²) in [7, 11) is 0. The van der Waals surface area contributed by atoms with Crippen LogP contribution in [0.25, 0.3) is 0 Å². The molecule has 0 heterocycles. The highest BCUT2D eigenvalue weighted by molar-refractivity contribution is 5.87. The van der Waals surface area contributed by atoms with E-state index in [9.17, 15) is 0 Å². The van der Waals surface area contributed by atoms with Crippen LogP contribution in [0.5, 0.6) is 0 Å². The van der Waals surface area contributed by atoms with Crippen LogP contribution in [0.1, 0.15) is 51.1 Å². The summed E-state index contributed by atoms with van der Waals surface area (Å²) in [6.45, 7) is 4.51. The SMILES string of the molecule is C[C@H]1CCCCC1=N[C@H](C)c1ccccc1. The van der Waals surface area contributed by atoms with Gasteiger partial charge < -0.3 is 0 Å².